The molecule has 1 atom stereocenters. The highest BCUT2D eigenvalue weighted by Gasteiger charge is 2.07. The molecule has 138 valence electrons. The average Bonchev–Trinajstić information content (AvgIpc) is 2.55. The molecule has 1 unspecified atom stereocenters. The molecule has 24 heavy (non-hydrogen) atoms. The van der Waals surface area contributed by atoms with Gasteiger partial charge in [0.1, 0.15) is 0 Å². The molecule has 0 aliphatic heterocycles. The molecule has 0 nitrogen and oxygen atoms in total. The highest BCUT2D eigenvalue weighted by Crippen LogP contribution is 2.25. The second-order valence-corrected chi connectivity index (χ2v) is 9.55. The third-order valence-corrected chi connectivity index (χ3v) is 6.00. The first-order valence-corrected chi connectivity index (χ1v) is 11.8. The minimum atomic E-state index is 0.671. The van der Waals surface area contributed by atoms with Gasteiger partial charge in [-0.2, -0.15) is 0 Å². The van der Waals surface area contributed by atoms with E-state index in [9.17, 15) is 0 Å². The summed E-state index contributed by atoms with van der Waals surface area (Å²) in [7, 11) is 0. The first-order chi connectivity index (χ1) is 11.6. The molecule has 0 fully saturated rings. The van der Waals surface area contributed by atoms with Gasteiger partial charge in [0.25, 0.3) is 0 Å². The molecule has 0 N–H and O–H groups in total. The van der Waals surface area contributed by atoms with Gasteiger partial charge in [-0.05, 0) is 49.3 Å². The highest BCUT2D eigenvalue weighted by molar-refractivity contribution is 9.10. The summed E-state index contributed by atoms with van der Waals surface area (Å²) in [6.45, 7) is 4.53. The Balaban J connectivity index is 2.32. The third kappa shape index (κ3) is 10.2. The van der Waals surface area contributed by atoms with Crippen LogP contribution < -0.4 is 0 Å². The van der Waals surface area contributed by atoms with Gasteiger partial charge in [0.05, 0.1) is 0 Å². The van der Waals surface area contributed by atoms with Gasteiger partial charge in [0.2, 0.25) is 0 Å². The molecule has 0 spiro atoms. The predicted octanol–water partition coefficient (Wildman–Crippen LogP) is 8.63. The lowest BCUT2D eigenvalue weighted by Crippen LogP contribution is -1.97. The normalized spacial score (nSPS) is 12.5. The number of hydrogen-bond donors (Lipinski definition) is 0. The maximum absolute atomic E-state index is 3.79. The van der Waals surface area contributed by atoms with E-state index >= 15 is 0 Å². The minimum absolute atomic E-state index is 0.671. The number of hydrogen-bond acceptors (Lipinski definition) is 0. The summed E-state index contributed by atoms with van der Waals surface area (Å²) >= 11 is 7.42. The van der Waals surface area contributed by atoms with Crippen LogP contribution in [0.2, 0.25) is 0 Å². The number of benzene rings is 1. The van der Waals surface area contributed by atoms with Crippen LogP contribution >= 0.6 is 31.9 Å². The van der Waals surface area contributed by atoms with Crippen LogP contribution in [-0.4, -0.2) is 4.83 Å². The number of rotatable bonds is 14. The summed E-state index contributed by atoms with van der Waals surface area (Å²) in [6.07, 6.45) is 17.5. The standard InChI is InChI=1S/C22H36Br2/c1-3-4-5-6-7-11-15-20-16-13-18-22(24)21(20)17-12-9-8-10-14-19(2)23/h13,16,18-19H,3-12,14-15,17H2,1-2H3. The van der Waals surface area contributed by atoms with Crippen LogP contribution in [0, 0.1) is 0 Å². The Morgan fingerprint density at radius 1 is 0.833 bits per heavy atom. The minimum Gasteiger partial charge on any atom is -0.0894 e. The van der Waals surface area contributed by atoms with Gasteiger partial charge >= 0.3 is 0 Å². The molecule has 0 aromatic heterocycles. The van der Waals surface area contributed by atoms with Crippen LogP contribution in [-0.2, 0) is 12.8 Å². The van der Waals surface area contributed by atoms with Crippen molar-refractivity contribution in [2.75, 3.05) is 0 Å². The van der Waals surface area contributed by atoms with Crippen LogP contribution in [0.3, 0.4) is 0 Å². The first-order valence-electron chi connectivity index (χ1n) is 10.1. The number of aryl methyl sites for hydroxylation is 1. The molecule has 0 heterocycles. The van der Waals surface area contributed by atoms with Crippen molar-refractivity contribution in [2.24, 2.45) is 0 Å². The van der Waals surface area contributed by atoms with E-state index in [1.807, 2.05) is 0 Å². The van der Waals surface area contributed by atoms with Gasteiger partial charge in [-0.25, -0.2) is 0 Å². The zero-order chi connectivity index (χ0) is 17.6. The lowest BCUT2D eigenvalue weighted by molar-refractivity contribution is 0.601. The quantitative estimate of drug-likeness (QED) is 0.193. The van der Waals surface area contributed by atoms with Crippen molar-refractivity contribution in [3.63, 3.8) is 0 Å². The Morgan fingerprint density at radius 2 is 1.46 bits per heavy atom. The van der Waals surface area contributed by atoms with Crippen molar-refractivity contribution in [3.05, 3.63) is 33.8 Å². The molecule has 0 aliphatic rings. The topological polar surface area (TPSA) is 0 Å². The van der Waals surface area contributed by atoms with E-state index in [0.717, 1.165) is 0 Å². The summed E-state index contributed by atoms with van der Waals surface area (Å²) < 4.78 is 1.32. The first kappa shape index (κ1) is 22.2. The molecule has 1 aromatic rings. The fourth-order valence-electron chi connectivity index (χ4n) is 3.29. The van der Waals surface area contributed by atoms with Crippen LogP contribution in [0.15, 0.2) is 22.7 Å². The average molecular weight is 460 g/mol. The Hall–Kier alpha value is 0.180. The Kier molecular flexibility index (Phi) is 13.3. The van der Waals surface area contributed by atoms with Crippen LogP contribution in [0.25, 0.3) is 0 Å². The van der Waals surface area contributed by atoms with Gasteiger partial charge in [-0.1, -0.05) is 109 Å². The number of halogens is 2. The molecule has 0 bridgehead atoms. The van der Waals surface area contributed by atoms with Crippen molar-refractivity contribution in [1.82, 2.24) is 0 Å². The monoisotopic (exact) mass is 458 g/mol. The second kappa shape index (κ2) is 14.4. The summed E-state index contributed by atoms with van der Waals surface area (Å²) in [5.74, 6) is 0. The number of unbranched alkanes of at least 4 members (excludes halogenated alkanes) is 8. The van der Waals surface area contributed by atoms with Gasteiger partial charge in [-0.15, -0.1) is 0 Å². The third-order valence-electron chi connectivity index (χ3n) is 4.79. The molecule has 0 amide bonds. The van der Waals surface area contributed by atoms with Crippen molar-refractivity contribution in [3.8, 4) is 0 Å². The second-order valence-electron chi connectivity index (χ2n) is 7.13. The van der Waals surface area contributed by atoms with E-state index in [0.29, 0.717) is 4.83 Å². The van der Waals surface area contributed by atoms with Gasteiger partial charge in [-0.3, -0.25) is 0 Å². The maximum Gasteiger partial charge on any atom is 0.0210 e. The molecular formula is C22H36Br2. The molecule has 0 saturated carbocycles. The zero-order valence-corrected chi connectivity index (χ0v) is 18.9. The van der Waals surface area contributed by atoms with E-state index in [1.54, 1.807) is 11.1 Å². The van der Waals surface area contributed by atoms with Crippen molar-refractivity contribution >= 4 is 31.9 Å². The molecule has 1 rings (SSSR count). The van der Waals surface area contributed by atoms with E-state index in [1.165, 1.54) is 87.9 Å². The van der Waals surface area contributed by atoms with E-state index < -0.39 is 0 Å². The van der Waals surface area contributed by atoms with E-state index in [4.69, 9.17) is 0 Å². The largest absolute Gasteiger partial charge is 0.0894 e. The van der Waals surface area contributed by atoms with Gasteiger partial charge in [0, 0.05) is 9.30 Å². The molecule has 0 saturated heterocycles. The van der Waals surface area contributed by atoms with E-state index in [-0.39, 0.29) is 0 Å². The molecule has 0 radical (unpaired) electrons. The zero-order valence-electron chi connectivity index (χ0n) is 15.8. The summed E-state index contributed by atoms with van der Waals surface area (Å²) in [5.41, 5.74) is 3.15. The Bertz CT molecular complexity index is 426. The van der Waals surface area contributed by atoms with Crippen LogP contribution in [0.1, 0.15) is 95.6 Å². The van der Waals surface area contributed by atoms with Crippen molar-refractivity contribution in [2.45, 2.75) is 102 Å². The lowest BCUT2D eigenvalue weighted by Gasteiger charge is -2.12. The molecular weight excluding hydrogens is 424 g/mol. The Morgan fingerprint density at radius 3 is 2.17 bits per heavy atom. The van der Waals surface area contributed by atoms with Crippen molar-refractivity contribution in [1.29, 1.82) is 0 Å². The SMILES string of the molecule is CCCCCCCCc1cccc(Br)c1CCCCCCC(C)Br. The molecule has 1 aromatic carbocycles. The fraction of sp³-hybridized carbons (Fsp3) is 0.727. The fourth-order valence-corrected chi connectivity index (χ4v) is 4.22. The Labute approximate surface area is 167 Å². The van der Waals surface area contributed by atoms with Crippen molar-refractivity contribution < 1.29 is 0 Å². The highest BCUT2D eigenvalue weighted by atomic mass is 79.9. The van der Waals surface area contributed by atoms with E-state index in [2.05, 4.69) is 63.9 Å². The molecule has 2 heteroatoms. The smallest absolute Gasteiger partial charge is 0.0210 e. The summed E-state index contributed by atoms with van der Waals surface area (Å²) in [5, 5.41) is 0. The summed E-state index contributed by atoms with van der Waals surface area (Å²) in [4.78, 5) is 0.671. The summed E-state index contributed by atoms with van der Waals surface area (Å²) in [6, 6.07) is 6.77. The lowest BCUT2D eigenvalue weighted by atomic mass is 9.96. The van der Waals surface area contributed by atoms with Crippen LogP contribution in [0.4, 0.5) is 0 Å². The van der Waals surface area contributed by atoms with Gasteiger partial charge < -0.3 is 0 Å². The predicted molar refractivity (Wildman–Crippen MR) is 116 cm³/mol. The molecule has 0 aliphatic carbocycles. The number of alkyl halides is 1. The maximum atomic E-state index is 3.79. The van der Waals surface area contributed by atoms with Gasteiger partial charge in [0.15, 0.2) is 0 Å². The van der Waals surface area contributed by atoms with Crippen LogP contribution in [0.5, 0.6) is 0 Å².